The fraction of sp³-hybridized carbons (Fsp3) is 0.429. The van der Waals surface area contributed by atoms with Crippen molar-refractivity contribution < 1.29 is 23.1 Å². The highest BCUT2D eigenvalue weighted by Gasteiger charge is 2.35. The number of carbonyl (C=O) groups is 2. The van der Waals surface area contributed by atoms with Crippen LogP contribution in [0.15, 0.2) is 18.2 Å². The standard InChI is InChI=1S/C14H15F2NO3/c1-2-20-12(18)8-17(9-6-7-9)14(19)10-4-3-5-11(15)13(10)16/h3-5,9H,2,6-8H2,1H3. The summed E-state index contributed by atoms with van der Waals surface area (Å²) in [5.74, 6) is -3.50. The summed E-state index contributed by atoms with van der Waals surface area (Å²) in [4.78, 5) is 25.0. The number of nitrogens with zero attached hydrogens (tertiary/aromatic N) is 1. The van der Waals surface area contributed by atoms with Gasteiger partial charge in [-0.3, -0.25) is 9.59 Å². The van der Waals surface area contributed by atoms with Gasteiger partial charge in [0.1, 0.15) is 6.54 Å². The molecule has 0 radical (unpaired) electrons. The van der Waals surface area contributed by atoms with E-state index >= 15 is 0 Å². The Balaban J connectivity index is 2.19. The van der Waals surface area contributed by atoms with E-state index in [1.54, 1.807) is 6.92 Å². The fourth-order valence-corrected chi connectivity index (χ4v) is 1.92. The molecule has 108 valence electrons. The summed E-state index contributed by atoms with van der Waals surface area (Å²) in [6.45, 7) is 1.63. The largest absolute Gasteiger partial charge is 0.465 e. The maximum absolute atomic E-state index is 13.6. The predicted octanol–water partition coefficient (Wildman–Crippen LogP) is 2.13. The molecular formula is C14H15F2NO3. The van der Waals surface area contributed by atoms with E-state index in [1.165, 1.54) is 17.0 Å². The van der Waals surface area contributed by atoms with E-state index in [2.05, 4.69) is 0 Å². The van der Waals surface area contributed by atoms with Crippen molar-refractivity contribution in [3.05, 3.63) is 35.4 Å². The van der Waals surface area contributed by atoms with Crippen LogP contribution in [0.3, 0.4) is 0 Å². The Hall–Kier alpha value is -1.98. The zero-order chi connectivity index (χ0) is 14.7. The lowest BCUT2D eigenvalue weighted by atomic mass is 10.1. The Kier molecular flexibility index (Phi) is 4.32. The van der Waals surface area contributed by atoms with Crippen LogP contribution in [0.4, 0.5) is 8.78 Å². The lowest BCUT2D eigenvalue weighted by Crippen LogP contribution is -2.38. The minimum absolute atomic E-state index is 0.102. The van der Waals surface area contributed by atoms with Crippen LogP contribution >= 0.6 is 0 Å². The molecule has 0 aromatic heterocycles. The SMILES string of the molecule is CCOC(=O)CN(C(=O)c1cccc(F)c1F)C1CC1. The van der Waals surface area contributed by atoms with Gasteiger partial charge in [-0.1, -0.05) is 6.07 Å². The lowest BCUT2D eigenvalue weighted by molar-refractivity contribution is -0.144. The average Bonchev–Trinajstić information content (AvgIpc) is 3.23. The predicted molar refractivity (Wildman–Crippen MR) is 67.0 cm³/mol. The second-order valence-electron chi connectivity index (χ2n) is 4.57. The zero-order valence-corrected chi connectivity index (χ0v) is 11.1. The number of amides is 1. The van der Waals surface area contributed by atoms with Crippen LogP contribution < -0.4 is 0 Å². The topological polar surface area (TPSA) is 46.6 Å². The van der Waals surface area contributed by atoms with Crippen LogP contribution in [0, 0.1) is 11.6 Å². The Labute approximate surface area is 115 Å². The van der Waals surface area contributed by atoms with Crippen molar-refractivity contribution in [1.82, 2.24) is 4.90 Å². The first-order valence-corrected chi connectivity index (χ1v) is 6.45. The summed E-state index contributed by atoms with van der Waals surface area (Å²) >= 11 is 0. The molecule has 1 fully saturated rings. The molecule has 2 rings (SSSR count). The van der Waals surface area contributed by atoms with Gasteiger partial charge in [-0.2, -0.15) is 0 Å². The second-order valence-corrected chi connectivity index (χ2v) is 4.57. The Morgan fingerprint density at radius 1 is 1.35 bits per heavy atom. The Morgan fingerprint density at radius 3 is 2.65 bits per heavy atom. The van der Waals surface area contributed by atoms with Crippen molar-refractivity contribution in [2.45, 2.75) is 25.8 Å². The summed E-state index contributed by atoms with van der Waals surface area (Å²) in [5.41, 5.74) is -0.360. The van der Waals surface area contributed by atoms with Gasteiger partial charge in [0.2, 0.25) is 0 Å². The summed E-state index contributed by atoms with van der Waals surface area (Å²) in [6.07, 6.45) is 1.50. The molecule has 1 aromatic carbocycles. The number of hydrogen-bond acceptors (Lipinski definition) is 3. The summed E-state index contributed by atoms with van der Waals surface area (Å²) < 4.78 is 31.6. The Bertz CT molecular complexity index is 529. The molecule has 1 aliphatic carbocycles. The number of esters is 1. The monoisotopic (exact) mass is 283 g/mol. The maximum atomic E-state index is 13.6. The van der Waals surface area contributed by atoms with Gasteiger partial charge in [0.25, 0.3) is 5.91 Å². The normalized spacial score (nSPS) is 13.9. The highest BCUT2D eigenvalue weighted by molar-refractivity contribution is 5.96. The molecule has 1 aromatic rings. The van der Waals surface area contributed by atoms with Crippen LogP contribution in [0.5, 0.6) is 0 Å². The van der Waals surface area contributed by atoms with E-state index in [0.717, 1.165) is 18.9 Å². The third kappa shape index (κ3) is 3.12. The lowest BCUT2D eigenvalue weighted by Gasteiger charge is -2.21. The van der Waals surface area contributed by atoms with Crippen LogP contribution in [0.25, 0.3) is 0 Å². The molecular weight excluding hydrogens is 268 g/mol. The Morgan fingerprint density at radius 2 is 2.05 bits per heavy atom. The van der Waals surface area contributed by atoms with Gasteiger partial charge in [-0.25, -0.2) is 8.78 Å². The second kappa shape index (κ2) is 5.98. The number of hydrogen-bond donors (Lipinski definition) is 0. The van der Waals surface area contributed by atoms with Crippen molar-refractivity contribution in [3.63, 3.8) is 0 Å². The number of halogens is 2. The van der Waals surface area contributed by atoms with Gasteiger partial charge in [0.15, 0.2) is 11.6 Å². The number of rotatable bonds is 5. The fourth-order valence-electron chi connectivity index (χ4n) is 1.92. The minimum atomic E-state index is -1.19. The maximum Gasteiger partial charge on any atom is 0.325 e. The molecule has 0 heterocycles. The first-order chi connectivity index (χ1) is 9.54. The van der Waals surface area contributed by atoms with Crippen molar-refractivity contribution in [2.75, 3.05) is 13.2 Å². The van der Waals surface area contributed by atoms with E-state index in [4.69, 9.17) is 4.74 Å². The van der Waals surface area contributed by atoms with E-state index in [1.807, 2.05) is 0 Å². The molecule has 1 aliphatic rings. The molecule has 0 unspecified atom stereocenters. The first-order valence-electron chi connectivity index (χ1n) is 6.45. The summed E-state index contributed by atoms with van der Waals surface area (Å²) in [5, 5.41) is 0. The van der Waals surface area contributed by atoms with Gasteiger partial charge in [-0.15, -0.1) is 0 Å². The molecule has 6 heteroatoms. The molecule has 4 nitrogen and oxygen atoms in total. The molecule has 1 saturated carbocycles. The van der Waals surface area contributed by atoms with Crippen molar-refractivity contribution >= 4 is 11.9 Å². The summed E-state index contributed by atoms with van der Waals surface area (Å²) in [6, 6.07) is 3.32. The van der Waals surface area contributed by atoms with E-state index in [-0.39, 0.29) is 24.8 Å². The number of ether oxygens (including phenoxy) is 1. The molecule has 0 aliphatic heterocycles. The average molecular weight is 283 g/mol. The number of carbonyl (C=O) groups excluding carboxylic acids is 2. The van der Waals surface area contributed by atoms with E-state index < -0.39 is 23.5 Å². The van der Waals surface area contributed by atoms with Crippen LogP contribution in [-0.4, -0.2) is 36.0 Å². The molecule has 0 bridgehead atoms. The highest BCUT2D eigenvalue weighted by Crippen LogP contribution is 2.28. The highest BCUT2D eigenvalue weighted by atomic mass is 19.2. The van der Waals surface area contributed by atoms with Gasteiger partial charge >= 0.3 is 5.97 Å². The summed E-state index contributed by atoms with van der Waals surface area (Å²) in [7, 11) is 0. The van der Waals surface area contributed by atoms with Crippen molar-refractivity contribution in [2.24, 2.45) is 0 Å². The van der Waals surface area contributed by atoms with Crippen LogP contribution in [-0.2, 0) is 9.53 Å². The third-order valence-electron chi connectivity index (χ3n) is 3.04. The number of benzene rings is 1. The first kappa shape index (κ1) is 14.4. The van der Waals surface area contributed by atoms with Crippen LogP contribution in [0.2, 0.25) is 0 Å². The molecule has 0 spiro atoms. The van der Waals surface area contributed by atoms with E-state index in [0.29, 0.717) is 0 Å². The van der Waals surface area contributed by atoms with Crippen molar-refractivity contribution in [1.29, 1.82) is 0 Å². The van der Waals surface area contributed by atoms with Crippen molar-refractivity contribution in [3.8, 4) is 0 Å². The molecule has 1 amide bonds. The third-order valence-corrected chi connectivity index (χ3v) is 3.04. The molecule has 0 saturated heterocycles. The van der Waals surface area contributed by atoms with Crippen LogP contribution in [0.1, 0.15) is 30.1 Å². The van der Waals surface area contributed by atoms with Gasteiger partial charge in [0, 0.05) is 6.04 Å². The molecule has 0 N–H and O–H groups in total. The minimum Gasteiger partial charge on any atom is -0.465 e. The smallest absolute Gasteiger partial charge is 0.325 e. The van der Waals surface area contributed by atoms with E-state index in [9.17, 15) is 18.4 Å². The van der Waals surface area contributed by atoms with Gasteiger partial charge in [0.05, 0.1) is 12.2 Å². The molecule has 20 heavy (non-hydrogen) atoms. The zero-order valence-electron chi connectivity index (χ0n) is 11.1. The quantitative estimate of drug-likeness (QED) is 0.778. The van der Waals surface area contributed by atoms with Gasteiger partial charge in [-0.05, 0) is 31.9 Å². The van der Waals surface area contributed by atoms with Gasteiger partial charge < -0.3 is 9.64 Å². The molecule has 0 atom stereocenters.